The maximum absolute atomic E-state index is 13.0. The van der Waals surface area contributed by atoms with E-state index in [0.29, 0.717) is 6.42 Å². The summed E-state index contributed by atoms with van der Waals surface area (Å²) in [5, 5.41) is 54.2. The Bertz CT molecular complexity index is 1270. The van der Waals surface area contributed by atoms with Crippen LogP contribution in [0.25, 0.3) is 0 Å². The predicted molar refractivity (Wildman–Crippen MR) is 253 cm³/mol. The van der Waals surface area contributed by atoms with Gasteiger partial charge in [0.1, 0.15) is 24.4 Å². The number of rotatable bonds is 38. The van der Waals surface area contributed by atoms with Crippen LogP contribution in [0.5, 0.6) is 0 Å². The molecule has 9 heteroatoms. The normalized spacial score (nSPS) is 21.3. The van der Waals surface area contributed by atoms with Crippen LogP contribution in [0.15, 0.2) is 97.2 Å². The smallest absolute Gasteiger partial charge is 0.220 e. The van der Waals surface area contributed by atoms with Crippen molar-refractivity contribution in [2.45, 2.75) is 211 Å². The van der Waals surface area contributed by atoms with Crippen molar-refractivity contribution in [2.75, 3.05) is 13.2 Å². The van der Waals surface area contributed by atoms with Gasteiger partial charge in [-0.1, -0.05) is 175 Å². The van der Waals surface area contributed by atoms with E-state index in [1.807, 2.05) is 6.08 Å². The van der Waals surface area contributed by atoms with E-state index >= 15 is 0 Å². The van der Waals surface area contributed by atoms with Gasteiger partial charge in [-0.25, -0.2) is 0 Å². The Kier molecular flexibility index (Phi) is 37.9. The lowest BCUT2D eigenvalue weighted by molar-refractivity contribution is -0.302. The highest BCUT2D eigenvalue weighted by atomic mass is 16.7. The van der Waals surface area contributed by atoms with Crippen molar-refractivity contribution in [3.05, 3.63) is 97.2 Å². The zero-order chi connectivity index (χ0) is 44.4. The maximum atomic E-state index is 13.0. The van der Waals surface area contributed by atoms with Gasteiger partial charge < -0.3 is 40.3 Å². The Morgan fingerprint density at radius 1 is 0.574 bits per heavy atom. The molecule has 61 heavy (non-hydrogen) atoms. The van der Waals surface area contributed by atoms with Crippen LogP contribution in [-0.4, -0.2) is 87.5 Å². The first-order valence-corrected chi connectivity index (χ1v) is 24.0. The van der Waals surface area contributed by atoms with Crippen LogP contribution in [0.1, 0.15) is 168 Å². The second-order valence-electron chi connectivity index (χ2n) is 16.2. The second kappa shape index (κ2) is 41.1. The van der Waals surface area contributed by atoms with Crippen LogP contribution in [0.2, 0.25) is 0 Å². The minimum Gasteiger partial charge on any atom is -0.394 e. The number of ether oxygens (including phenoxy) is 2. The minimum atomic E-state index is -1.58. The van der Waals surface area contributed by atoms with Crippen molar-refractivity contribution in [1.29, 1.82) is 0 Å². The fraction of sp³-hybridized carbons (Fsp3) is 0.673. The number of hydrogen-bond acceptors (Lipinski definition) is 8. The second-order valence-corrected chi connectivity index (χ2v) is 16.2. The molecule has 6 N–H and O–H groups in total. The average Bonchev–Trinajstić information content (AvgIpc) is 3.26. The quantitative estimate of drug-likeness (QED) is 0.0266. The van der Waals surface area contributed by atoms with Gasteiger partial charge in [0.05, 0.1) is 25.4 Å². The first kappa shape index (κ1) is 56.1. The number of aliphatic hydroxyl groups excluding tert-OH is 5. The Morgan fingerprint density at radius 2 is 1.03 bits per heavy atom. The molecule has 0 aliphatic carbocycles. The molecule has 7 unspecified atom stereocenters. The molecule has 0 aromatic heterocycles. The summed E-state index contributed by atoms with van der Waals surface area (Å²) in [5.41, 5.74) is 0. The Labute approximate surface area is 371 Å². The third-order valence-corrected chi connectivity index (χ3v) is 10.6. The Hall–Kier alpha value is -2.89. The average molecular weight is 854 g/mol. The summed E-state index contributed by atoms with van der Waals surface area (Å²) >= 11 is 0. The Balaban J connectivity index is 2.34. The summed E-state index contributed by atoms with van der Waals surface area (Å²) in [5.74, 6) is -0.208. The molecule has 348 valence electrons. The van der Waals surface area contributed by atoms with E-state index in [0.717, 1.165) is 103 Å². The van der Waals surface area contributed by atoms with Crippen molar-refractivity contribution >= 4 is 5.91 Å². The first-order valence-electron chi connectivity index (χ1n) is 24.0. The molecule has 0 bridgehead atoms. The van der Waals surface area contributed by atoms with Crippen LogP contribution in [-0.2, 0) is 14.3 Å². The van der Waals surface area contributed by atoms with E-state index in [4.69, 9.17) is 9.47 Å². The predicted octanol–water partition coefficient (Wildman–Crippen LogP) is 10.5. The monoisotopic (exact) mass is 854 g/mol. The van der Waals surface area contributed by atoms with Crippen LogP contribution in [0.3, 0.4) is 0 Å². The van der Waals surface area contributed by atoms with Crippen molar-refractivity contribution in [1.82, 2.24) is 5.32 Å². The van der Waals surface area contributed by atoms with Gasteiger partial charge in [-0.15, -0.1) is 0 Å². The van der Waals surface area contributed by atoms with Gasteiger partial charge in [0.2, 0.25) is 5.91 Å². The van der Waals surface area contributed by atoms with Crippen LogP contribution >= 0.6 is 0 Å². The van der Waals surface area contributed by atoms with Gasteiger partial charge in [-0.3, -0.25) is 4.79 Å². The van der Waals surface area contributed by atoms with Crippen LogP contribution in [0.4, 0.5) is 0 Å². The lowest BCUT2D eigenvalue weighted by atomic mass is 9.99. The zero-order valence-electron chi connectivity index (χ0n) is 38.1. The van der Waals surface area contributed by atoms with Gasteiger partial charge in [-0.2, -0.15) is 0 Å². The number of nitrogens with one attached hydrogen (secondary N) is 1. The van der Waals surface area contributed by atoms with E-state index in [2.05, 4.69) is 104 Å². The molecule has 1 aliphatic heterocycles. The number of allylic oxidation sites excluding steroid dienone is 15. The highest BCUT2D eigenvalue weighted by Crippen LogP contribution is 2.22. The fourth-order valence-corrected chi connectivity index (χ4v) is 6.82. The van der Waals surface area contributed by atoms with E-state index in [1.165, 1.54) is 44.9 Å². The van der Waals surface area contributed by atoms with E-state index in [-0.39, 0.29) is 12.5 Å². The summed E-state index contributed by atoms with van der Waals surface area (Å²) in [6.07, 6.45) is 51.6. The molecule has 0 aromatic carbocycles. The molecule has 1 amide bonds. The molecule has 0 radical (unpaired) electrons. The maximum Gasteiger partial charge on any atom is 0.220 e. The summed E-state index contributed by atoms with van der Waals surface area (Å²) < 4.78 is 11.2. The third-order valence-electron chi connectivity index (χ3n) is 10.6. The summed E-state index contributed by atoms with van der Waals surface area (Å²) in [4.78, 5) is 13.0. The standard InChI is InChI=1S/C52H87NO8/c1-3-5-7-9-11-13-15-17-18-19-20-21-22-23-24-25-26-27-28-30-32-34-36-38-40-42-48(56)53-45(44-60-52-51(59)50(58)49(57)47(43-54)61-52)46(55)41-39-37-35-33-31-29-16-14-12-10-8-6-4-2/h5,7,11,13,17-18,20-21,23-24,26-27,31,33,39,41,45-47,49-52,54-55,57-59H,3-4,6,8-10,12,14-16,19,22,25,28-30,32,34-38,40,42-44H2,1-2H3,(H,53,56)/b7-5-,13-11-,18-17-,21-20-,24-23-,27-26-,33-31+,41-39+. The van der Waals surface area contributed by atoms with E-state index in [1.54, 1.807) is 6.08 Å². The molecule has 9 nitrogen and oxygen atoms in total. The lowest BCUT2D eigenvalue weighted by Crippen LogP contribution is -2.60. The SMILES string of the molecule is CC/C=C\C/C=C\C/C=C\C/C=C\C/C=C\C/C=C\CCCCCCCCC(=O)NC(COC1OC(CO)C(O)C(O)C1O)C(O)/C=C/CC/C=C/CCCCCCCCC. The van der Waals surface area contributed by atoms with Crippen molar-refractivity contribution < 1.29 is 39.8 Å². The molecule has 0 aromatic rings. The largest absolute Gasteiger partial charge is 0.394 e. The molecule has 1 saturated heterocycles. The van der Waals surface area contributed by atoms with E-state index in [9.17, 15) is 30.3 Å². The minimum absolute atomic E-state index is 0.208. The molecule has 0 spiro atoms. The third kappa shape index (κ3) is 31.6. The van der Waals surface area contributed by atoms with Gasteiger partial charge in [0.15, 0.2) is 6.29 Å². The van der Waals surface area contributed by atoms with Crippen molar-refractivity contribution in [2.24, 2.45) is 0 Å². The van der Waals surface area contributed by atoms with Crippen molar-refractivity contribution in [3.63, 3.8) is 0 Å². The van der Waals surface area contributed by atoms with Crippen LogP contribution in [0, 0.1) is 0 Å². The number of unbranched alkanes of at least 4 members (excludes halogenated alkanes) is 14. The number of aliphatic hydroxyl groups is 5. The Morgan fingerprint density at radius 3 is 1.57 bits per heavy atom. The molecule has 1 aliphatic rings. The summed E-state index contributed by atoms with van der Waals surface area (Å²) in [6, 6.07) is -0.835. The molecule has 7 atom stereocenters. The first-order chi connectivity index (χ1) is 29.8. The molecular formula is C52H87NO8. The number of carbonyl (C=O) groups excluding carboxylic acids is 1. The zero-order valence-corrected chi connectivity index (χ0v) is 38.1. The lowest BCUT2D eigenvalue weighted by Gasteiger charge is -2.40. The van der Waals surface area contributed by atoms with Crippen LogP contribution < -0.4 is 5.32 Å². The molecular weight excluding hydrogens is 767 g/mol. The van der Waals surface area contributed by atoms with Gasteiger partial charge in [0.25, 0.3) is 0 Å². The number of amides is 1. The molecule has 0 saturated carbocycles. The summed E-state index contributed by atoms with van der Waals surface area (Å²) in [6.45, 7) is 3.60. The molecule has 1 heterocycles. The topological polar surface area (TPSA) is 149 Å². The van der Waals surface area contributed by atoms with Gasteiger partial charge in [0, 0.05) is 6.42 Å². The van der Waals surface area contributed by atoms with Crippen molar-refractivity contribution in [3.8, 4) is 0 Å². The highest BCUT2D eigenvalue weighted by Gasteiger charge is 2.44. The fourth-order valence-electron chi connectivity index (χ4n) is 6.82. The molecule has 1 rings (SSSR count). The van der Waals surface area contributed by atoms with E-state index < -0.39 is 49.5 Å². The summed E-state index contributed by atoms with van der Waals surface area (Å²) in [7, 11) is 0. The molecule has 1 fully saturated rings. The number of hydrogen-bond donors (Lipinski definition) is 6. The highest BCUT2D eigenvalue weighted by molar-refractivity contribution is 5.76. The number of carbonyl (C=O) groups is 1. The van der Waals surface area contributed by atoms with Gasteiger partial charge >= 0.3 is 0 Å². The van der Waals surface area contributed by atoms with Gasteiger partial charge in [-0.05, 0) is 83.5 Å².